The molecule has 0 aliphatic carbocycles. The van der Waals surface area contributed by atoms with E-state index in [0.29, 0.717) is 17.0 Å². The van der Waals surface area contributed by atoms with Crippen molar-refractivity contribution in [1.82, 2.24) is 30.3 Å². The molecule has 0 unspecified atom stereocenters. The van der Waals surface area contributed by atoms with Gasteiger partial charge in [-0.2, -0.15) is 13.2 Å². The fraction of sp³-hybridized carbons (Fsp3) is 0.545. The summed E-state index contributed by atoms with van der Waals surface area (Å²) in [4.78, 5) is 21.5. The smallest absolute Gasteiger partial charge is 0.353 e. The van der Waals surface area contributed by atoms with Gasteiger partial charge in [-0.05, 0) is 0 Å². The van der Waals surface area contributed by atoms with Gasteiger partial charge < -0.3 is 10.2 Å². The quantitative estimate of drug-likeness (QED) is 0.849. The van der Waals surface area contributed by atoms with Crippen molar-refractivity contribution in [2.45, 2.75) is 6.18 Å². The molecule has 3 heterocycles. The standard InChI is InChI=1S/C11H12F3N7O/c1-20-8-7(18-19-20)9(17-5-16-8)21-2-6(3-21)10(22)15-4-11(12,13)14/h5-6H,2-4H2,1H3,(H,15,22). The Bertz CT molecular complexity index is 707. The number of aromatic nitrogens is 5. The first-order chi connectivity index (χ1) is 10.3. The Hall–Kier alpha value is -2.46. The minimum absolute atomic E-state index is 0.284. The molecule has 11 heteroatoms. The van der Waals surface area contributed by atoms with Crippen LogP contribution in [0.3, 0.4) is 0 Å². The second-order valence-electron chi connectivity index (χ2n) is 5.02. The van der Waals surface area contributed by atoms with Gasteiger partial charge in [0, 0.05) is 20.1 Å². The number of alkyl halides is 3. The van der Waals surface area contributed by atoms with Crippen LogP contribution in [0.2, 0.25) is 0 Å². The Labute approximate surface area is 122 Å². The zero-order valence-electron chi connectivity index (χ0n) is 11.5. The average Bonchev–Trinajstić information content (AvgIpc) is 2.77. The van der Waals surface area contributed by atoms with E-state index in [4.69, 9.17) is 0 Å². The number of hydrogen-bond acceptors (Lipinski definition) is 6. The first-order valence-corrected chi connectivity index (χ1v) is 6.45. The van der Waals surface area contributed by atoms with Gasteiger partial charge in [-0.25, -0.2) is 14.6 Å². The summed E-state index contributed by atoms with van der Waals surface area (Å²) in [6.45, 7) is -0.747. The van der Waals surface area contributed by atoms with E-state index >= 15 is 0 Å². The summed E-state index contributed by atoms with van der Waals surface area (Å²) in [7, 11) is 1.69. The van der Waals surface area contributed by atoms with Crippen molar-refractivity contribution in [3.63, 3.8) is 0 Å². The summed E-state index contributed by atoms with van der Waals surface area (Å²) in [5.74, 6) is -0.583. The number of aryl methyl sites for hydroxylation is 1. The Morgan fingerprint density at radius 2 is 2.14 bits per heavy atom. The van der Waals surface area contributed by atoms with Gasteiger partial charge in [0.2, 0.25) is 5.91 Å². The van der Waals surface area contributed by atoms with Crippen LogP contribution in [-0.4, -0.2) is 56.7 Å². The number of fused-ring (bicyclic) bond motifs is 1. The van der Waals surface area contributed by atoms with Crippen molar-refractivity contribution in [3.8, 4) is 0 Å². The molecule has 22 heavy (non-hydrogen) atoms. The monoisotopic (exact) mass is 315 g/mol. The third-order valence-electron chi connectivity index (χ3n) is 3.38. The first-order valence-electron chi connectivity index (χ1n) is 6.45. The minimum atomic E-state index is -4.41. The van der Waals surface area contributed by atoms with E-state index in [-0.39, 0.29) is 13.1 Å². The number of anilines is 1. The van der Waals surface area contributed by atoms with E-state index in [1.807, 2.05) is 5.32 Å². The van der Waals surface area contributed by atoms with Gasteiger partial charge in [0.25, 0.3) is 0 Å². The molecule has 0 saturated carbocycles. The van der Waals surface area contributed by atoms with Gasteiger partial charge in [-0.1, -0.05) is 5.21 Å². The highest BCUT2D eigenvalue weighted by Gasteiger charge is 2.37. The highest BCUT2D eigenvalue weighted by molar-refractivity contribution is 5.86. The van der Waals surface area contributed by atoms with Gasteiger partial charge in [-0.15, -0.1) is 5.10 Å². The molecule has 0 bridgehead atoms. The van der Waals surface area contributed by atoms with Crippen molar-refractivity contribution in [2.75, 3.05) is 24.5 Å². The highest BCUT2D eigenvalue weighted by atomic mass is 19.4. The Morgan fingerprint density at radius 3 is 2.82 bits per heavy atom. The zero-order valence-corrected chi connectivity index (χ0v) is 11.5. The maximum Gasteiger partial charge on any atom is 0.405 e. The van der Waals surface area contributed by atoms with Crippen LogP contribution in [0.15, 0.2) is 6.33 Å². The molecule has 0 aromatic carbocycles. The van der Waals surface area contributed by atoms with Crippen molar-refractivity contribution in [3.05, 3.63) is 6.33 Å². The number of halogens is 3. The van der Waals surface area contributed by atoms with Crippen LogP contribution in [0, 0.1) is 5.92 Å². The summed E-state index contributed by atoms with van der Waals surface area (Å²) < 4.78 is 37.7. The zero-order chi connectivity index (χ0) is 15.9. The summed E-state index contributed by atoms with van der Waals surface area (Å²) in [6.07, 6.45) is -3.05. The Balaban J connectivity index is 1.64. The summed E-state index contributed by atoms with van der Waals surface area (Å²) in [6, 6.07) is 0. The van der Waals surface area contributed by atoms with E-state index in [9.17, 15) is 18.0 Å². The maximum absolute atomic E-state index is 12.1. The highest BCUT2D eigenvalue weighted by Crippen LogP contribution is 2.27. The molecule has 0 spiro atoms. The molecule has 3 rings (SSSR count). The lowest BCUT2D eigenvalue weighted by Crippen LogP contribution is -2.55. The van der Waals surface area contributed by atoms with Crippen LogP contribution in [0.1, 0.15) is 0 Å². The van der Waals surface area contributed by atoms with E-state index in [1.165, 1.54) is 11.0 Å². The van der Waals surface area contributed by atoms with Crippen LogP contribution in [0.25, 0.3) is 11.2 Å². The van der Waals surface area contributed by atoms with Gasteiger partial charge in [0.05, 0.1) is 5.92 Å². The summed E-state index contributed by atoms with van der Waals surface area (Å²) in [5.41, 5.74) is 1.05. The first kappa shape index (κ1) is 14.5. The average molecular weight is 315 g/mol. The van der Waals surface area contributed by atoms with E-state index in [2.05, 4.69) is 20.3 Å². The van der Waals surface area contributed by atoms with E-state index in [1.54, 1.807) is 11.9 Å². The van der Waals surface area contributed by atoms with Gasteiger partial charge in [0.15, 0.2) is 17.0 Å². The van der Waals surface area contributed by atoms with Gasteiger partial charge in [-0.3, -0.25) is 4.79 Å². The molecule has 1 saturated heterocycles. The molecule has 0 radical (unpaired) electrons. The lowest BCUT2D eigenvalue weighted by atomic mass is 9.99. The third-order valence-corrected chi connectivity index (χ3v) is 3.38. The SMILES string of the molecule is Cn1nnc2c(N3CC(C(=O)NCC(F)(F)F)C3)ncnc21. The minimum Gasteiger partial charge on any atom is -0.353 e. The van der Waals surface area contributed by atoms with Crippen LogP contribution >= 0.6 is 0 Å². The topological polar surface area (TPSA) is 88.8 Å². The number of carbonyl (C=O) groups is 1. The number of rotatable bonds is 3. The van der Waals surface area contributed by atoms with Crippen molar-refractivity contribution < 1.29 is 18.0 Å². The largest absolute Gasteiger partial charge is 0.405 e. The third kappa shape index (κ3) is 2.65. The lowest BCUT2D eigenvalue weighted by molar-refractivity contribution is -0.141. The summed E-state index contributed by atoms with van der Waals surface area (Å²) >= 11 is 0. The van der Waals surface area contributed by atoms with Crippen molar-refractivity contribution in [1.29, 1.82) is 0 Å². The number of carbonyl (C=O) groups excluding carboxylic acids is 1. The van der Waals surface area contributed by atoms with Crippen molar-refractivity contribution in [2.24, 2.45) is 13.0 Å². The van der Waals surface area contributed by atoms with E-state index in [0.717, 1.165) is 0 Å². The van der Waals surface area contributed by atoms with Crippen LogP contribution < -0.4 is 10.2 Å². The fourth-order valence-corrected chi connectivity index (χ4v) is 2.22. The molecule has 1 aliphatic rings. The molecule has 1 fully saturated rings. The molecule has 1 aliphatic heterocycles. The second kappa shape index (κ2) is 5.07. The molecular weight excluding hydrogens is 303 g/mol. The second-order valence-corrected chi connectivity index (χ2v) is 5.02. The molecule has 2 aromatic rings. The summed E-state index contributed by atoms with van der Waals surface area (Å²) in [5, 5.41) is 9.68. The van der Waals surface area contributed by atoms with Crippen molar-refractivity contribution >= 4 is 22.9 Å². The van der Waals surface area contributed by atoms with Crippen LogP contribution in [0.5, 0.6) is 0 Å². The van der Waals surface area contributed by atoms with Crippen LogP contribution in [0.4, 0.5) is 19.0 Å². The molecule has 0 atom stereocenters. The number of nitrogens with zero attached hydrogens (tertiary/aromatic N) is 6. The van der Waals surface area contributed by atoms with Gasteiger partial charge >= 0.3 is 6.18 Å². The molecule has 118 valence electrons. The molecular formula is C11H12F3N7O. The molecule has 1 amide bonds. The molecule has 1 N–H and O–H groups in total. The molecule has 2 aromatic heterocycles. The lowest BCUT2D eigenvalue weighted by Gasteiger charge is -2.38. The maximum atomic E-state index is 12.1. The molecule has 8 nitrogen and oxygen atoms in total. The van der Waals surface area contributed by atoms with Gasteiger partial charge in [0.1, 0.15) is 12.9 Å². The Morgan fingerprint density at radius 1 is 1.41 bits per heavy atom. The predicted molar refractivity (Wildman–Crippen MR) is 68.9 cm³/mol. The number of hydrogen-bond donors (Lipinski definition) is 1. The number of nitrogens with one attached hydrogen (secondary N) is 1. The fourth-order valence-electron chi connectivity index (χ4n) is 2.22. The normalized spacial score (nSPS) is 15.9. The Kier molecular flexibility index (Phi) is 3.34. The van der Waals surface area contributed by atoms with Crippen LogP contribution in [-0.2, 0) is 11.8 Å². The van der Waals surface area contributed by atoms with E-state index < -0.39 is 24.5 Å². The predicted octanol–water partition coefficient (Wildman–Crippen LogP) is -0.127. The number of amides is 1.